The smallest absolute Gasteiger partial charge is 1.00 e. The van der Waals surface area contributed by atoms with Crippen molar-refractivity contribution in [1.29, 1.82) is 0 Å². The molecule has 0 spiro atoms. The molecule has 0 radical (unpaired) electrons. The summed E-state index contributed by atoms with van der Waals surface area (Å²) in [5.41, 5.74) is -10.9. The van der Waals surface area contributed by atoms with Gasteiger partial charge < -0.3 is 44.9 Å². The summed E-state index contributed by atoms with van der Waals surface area (Å²) >= 11 is 0. The Labute approximate surface area is 394 Å². The predicted octanol–water partition coefficient (Wildman–Crippen LogP) is 9.54. The number of amides is 2. The first-order valence-corrected chi connectivity index (χ1v) is 17.4. The van der Waals surface area contributed by atoms with Crippen LogP contribution in [0.25, 0.3) is 0 Å². The van der Waals surface area contributed by atoms with Crippen LogP contribution in [0.5, 0.6) is 0 Å². The molecule has 1 aliphatic heterocycles. The molecule has 3 N–H and O–H groups in total. The number of carbonyl (C=O) groups is 2. The number of urea groups is 1. The third-order valence-corrected chi connectivity index (χ3v) is 8.80. The molecule has 0 saturated carbocycles. The van der Waals surface area contributed by atoms with Gasteiger partial charge in [0.15, 0.2) is 0 Å². The van der Waals surface area contributed by atoms with Crippen LogP contribution in [0, 0.1) is 13.2 Å². The molecule has 4 aromatic carbocycles. The van der Waals surface area contributed by atoms with Crippen molar-refractivity contribution in [2.24, 2.45) is 0 Å². The van der Waals surface area contributed by atoms with Crippen molar-refractivity contribution in [3.8, 4) is 0 Å². The summed E-state index contributed by atoms with van der Waals surface area (Å²) in [4.78, 5) is 22.0. The van der Waals surface area contributed by atoms with E-state index in [-0.39, 0.29) is 90.7 Å². The summed E-state index contributed by atoms with van der Waals surface area (Å²) in [6.45, 7) is 2.14. The van der Waals surface area contributed by atoms with E-state index >= 15 is 0 Å². The van der Waals surface area contributed by atoms with Crippen LogP contribution in [0.1, 0.15) is 86.5 Å². The molecule has 1 fully saturated rings. The number of aldehydes is 1. The van der Waals surface area contributed by atoms with E-state index in [4.69, 9.17) is 9.84 Å². The molecule has 67 heavy (non-hydrogen) atoms. The average Bonchev–Trinajstić information content (AvgIpc) is 3.56. The molecule has 2 amide bonds. The van der Waals surface area contributed by atoms with E-state index in [9.17, 15) is 93.0 Å². The molecule has 27 heteroatoms. The summed E-state index contributed by atoms with van der Waals surface area (Å²) in [5.74, 6) is -0.519. The largest absolute Gasteiger partial charge is 2.00 e. The minimum atomic E-state index is -4.98. The van der Waals surface area contributed by atoms with Crippen molar-refractivity contribution in [2.45, 2.75) is 68.7 Å². The van der Waals surface area contributed by atoms with Crippen LogP contribution in [0.2, 0.25) is 0 Å². The number of carbonyl (C=O) groups excluding carboxylic acids is 2. The van der Waals surface area contributed by atoms with E-state index in [2.05, 4.69) is 10.6 Å². The molecule has 1 aliphatic rings. The second-order valence-corrected chi connectivity index (χ2v) is 13.7. The molecular formula is C40H32BrF19MgN2O4. The van der Waals surface area contributed by atoms with Crippen LogP contribution in [-0.4, -0.2) is 53.6 Å². The Hall–Kier alpha value is -4.34. The first-order valence-electron chi connectivity index (χ1n) is 17.4. The summed E-state index contributed by atoms with van der Waals surface area (Å²) < 4.78 is 245. The average molecular weight is 1070 g/mol. The van der Waals surface area contributed by atoms with Gasteiger partial charge in [-0.05, 0) is 97.3 Å². The van der Waals surface area contributed by atoms with Crippen LogP contribution >= 0.6 is 0 Å². The number of aliphatic hydroxyl groups is 1. The van der Waals surface area contributed by atoms with Gasteiger partial charge in [0.2, 0.25) is 0 Å². The second-order valence-electron chi connectivity index (χ2n) is 13.7. The Morgan fingerprint density at radius 2 is 0.940 bits per heavy atom. The van der Waals surface area contributed by atoms with Crippen LogP contribution in [0.3, 0.4) is 0 Å². The number of aliphatic hydroxyl groups excluding tert-OH is 1. The minimum Gasteiger partial charge on any atom is -1.00 e. The maximum Gasteiger partial charge on any atom is 2.00 e. The Kier molecular flexibility index (Phi) is 21.8. The van der Waals surface area contributed by atoms with Crippen molar-refractivity contribution in [1.82, 2.24) is 10.6 Å². The number of nitrogens with one attached hydrogen (secondary N) is 2. The van der Waals surface area contributed by atoms with E-state index in [1.54, 1.807) is 0 Å². The molecule has 3 atom stereocenters. The van der Waals surface area contributed by atoms with Crippen LogP contribution in [0.4, 0.5) is 88.2 Å². The second kappa shape index (κ2) is 23.3. The number of alkyl halides is 18. The number of rotatable bonds is 7. The maximum absolute atomic E-state index is 13.3. The molecule has 0 aliphatic carbocycles. The standard InChI is InChI=1S/C20H17F7N2O2.C10H8F6O.C9H4F6O.CH3.BrH.Mg/c1-11(12-6-14(19(22,23)24)8-15(7-12)20(25,26)27)31-10-18(9-28-17(30)29-18)13-2-4-16(21)5-3-13;1-5(17)6-2-7(9(11,12)13)4-8(3-6)10(14,15)16;10-8(11,12)6-1-5(4-16)2-7(3-6)9(13,14)15;;;/h2-8,11H,9-10H2,1H3,(H2,28,29,30);2-5,17H,1H3;1-4H;1H3;1H;/q;;;-1;;+2/p-1. The Morgan fingerprint density at radius 3 is 1.22 bits per heavy atom. The number of benzene rings is 4. The van der Waals surface area contributed by atoms with E-state index in [0.29, 0.717) is 42.0 Å². The maximum atomic E-state index is 13.3. The molecule has 0 aromatic heterocycles. The summed E-state index contributed by atoms with van der Waals surface area (Å²) in [7, 11) is 0. The van der Waals surface area contributed by atoms with Crippen molar-refractivity contribution in [2.75, 3.05) is 13.2 Å². The van der Waals surface area contributed by atoms with Gasteiger partial charge in [0.25, 0.3) is 0 Å². The van der Waals surface area contributed by atoms with Crippen molar-refractivity contribution in [3.05, 3.63) is 148 Å². The fourth-order valence-electron chi connectivity index (χ4n) is 5.49. The van der Waals surface area contributed by atoms with Gasteiger partial charge in [-0.25, -0.2) is 9.18 Å². The molecule has 5 rings (SSSR count). The predicted molar refractivity (Wildman–Crippen MR) is 197 cm³/mol. The van der Waals surface area contributed by atoms with Crippen molar-refractivity contribution < 1.29 is 120 Å². The Bertz CT molecular complexity index is 2160. The number of halogens is 20. The van der Waals surface area contributed by atoms with E-state index in [1.807, 2.05) is 0 Å². The number of hydrogen-bond acceptors (Lipinski definition) is 4. The summed E-state index contributed by atoms with van der Waals surface area (Å²) in [5, 5.41) is 14.2. The summed E-state index contributed by atoms with van der Waals surface area (Å²) in [6.07, 6.45) is -32.2. The fourth-order valence-corrected chi connectivity index (χ4v) is 5.49. The van der Waals surface area contributed by atoms with E-state index < -0.39 is 111 Å². The van der Waals surface area contributed by atoms with Gasteiger partial charge in [-0.3, -0.25) is 4.79 Å². The van der Waals surface area contributed by atoms with Gasteiger partial charge in [-0.2, -0.15) is 79.0 Å². The first-order chi connectivity index (χ1) is 29.0. The van der Waals surface area contributed by atoms with Gasteiger partial charge in [0, 0.05) is 12.1 Å². The molecule has 0 bridgehead atoms. The normalized spacial score (nSPS) is 16.2. The Morgan fingerprint density at radius 1 is 0.612 bits per heavy atom. The Balaban J connectivity index is 0.00000104. The van der Waals surface area contributed by atoms with Crippen molar-refractivity contribution >= 4 is 35.4 Å². The number of ether oxygens (including phenoxy) is 1. The van der Waals surface area contributed by atoms with Gasteiger partial charge in [0.1, 0.15) is 17.6 Å². The van der Waals surface area contributed by atoms with E-state index in [1.165, 1.54) is 19.1 Å². The van der Waals surface area contributed by atoms with Gasteiger partial charge in [-0.1, -0.05) is 12.1 Å². The third-order valence-electron chi connectivity index (χ3n) is 8.80. The zero-order valence-corrected chi connectivity index (χ0v) is 37.1. The monoisotopic (exact) mass is 1070 g/mol. The van der Waals surface area contributed by atoms with Crippen molar-refractivity contribution in [3.63, 3.8) is 0 Å². The molecule has 1 heterocycles. The minimum absolute atomic E-state index is 0. The number of hydrogen-bond donors (Lipinski definition) is 3. The zero-order chi connectivity index (χ0) is 49.0. The molecule has 4 aromatic rings. The molecule has 6 nitrogen and oxygen atoms in total. The van der Waals surface area contributed by atoms with Gasteiger partial charge >= 0.3 is 66.1 Å². The SMILES string of the molecule is CC(O)c1cc(C(F)(F)F)cc(C(F)(F)F)c1.CC(OCC1(c2ccc(F)cc2)CNC(=O)N1)c1cc(C(F)(F)F)cc(C(F)(F)F)c1.O=Cc1cc(C(F)(F)F)cc(C(F)(F)F)c1.[Br-].[CH3-].[Mg+2]. The zero-order valence-electron chi connectivity index (χ0n) is 34.1. The molecule has 3 unspecified atom stereocenters. The van der Waals surface area contributed by atoms with Gasteiger partial charge in [-0.15, -0.1) is 0 Å². The summed E-state index contributed by atoms with van der Waals surface area (Å²) in [6, 6.07) is 7.53. The molecule has 1 saturated heterocycles. The topological polar surface area (TPSA) is 87.7 Å². The van der Waals surface area contributed by atoms with E-state index in [0.717, 1.165) is 19.1 Å². The van der Waals surface area contributed by atoms with Crippen LogP contribution in [0.15, 0.2) is 78.9 Å². The fraction of sp³-hybridized carbons (Fsp3) is 0.325. The van der Waals surface area contributed by atoms with Crippen LogP contribution < -0.4 is 27.6 Å². The quantitative estimate of drug-likeness (QED) is 0.0746. The van der Waals surface area contributed by atoms with Gasteiger partial charge in [0.05, 0.1) is 52.2 Å². The first kappa shape index (κ1) is 62.7. The molecular weight excluding hydrogens is 1040 g/mol. The third kappa shape index (κ3) is 17.9. The van der Waals surface area contributed by atoms with Crippen LogP contribution in [-0.2, 0) is 47.3 Å². The molecule has 368 valence electrons.